The third-order valence-corrected chi connectivity index (χ3v) is 18.3. The Hall–Kier alpha value is 26.5. The third kappa shape index (κ3) is 213. The van der Waals surface area contributed by atoms with Crippen molar-refractivity contribution in [2.45, 2.75) is 28.7 Å². The molecule has 20 radical (unpaired) electrons. The van der Waals surface area contributed by atoms with Crippen molar-refractivity contribution < 1.29 is 738 Å². The zero-order chi connectivity index (χ0) is 19.1. The van der Waals surface area contributed by atoms with Gasteiger partial charge in [0, 0.05) is 738 Å². The SMILES string of the molecule is C.C.C=PC.C=[PH](C)C[PH](=C)CC.C=[PH](CC)C[PH](=C)CP(=C)(C)C.[CH3-].[W].[W].[W].[W].[Y].[Y].[Y].[Y].[Y].[Y].[Y].[Y].[Y].[Y].[Y].[Y].[Y].[Y].[Y].[Y].[Y].[Y].[Y].[Y]. The molecular weight excluding hydrogens is 2940 g/mol. The molecule has 0 saturated carbocycles. The first-order valence-corrected chi connectivity index (χ1v) is 21.5. The van der Waals surface area contributed by atoms with E-state index in [9.17, 15) is 0 Å². The quantitative estimate of drug-likeness (QED) is 0.175. The van der Waals surface area contributed by atoms with Crippen LogP contribution in [0.2, 0.25) is 0 Å². The molecule has 0 aromatic rings. The molecule has 0 nitrogen and oxygen atoms in total. The molecule has 0 aliphatic carbocycles. The monoisotopic (exact) mass is 3000 g/mol. The summed E-state index contributed by atoms with van der Waals surface area (Å²) in [7, 11) is 0.142. The van der Waals surface area contributed by atoms with E-state index >= 15 is 0 Å². The molecule has 0 aliphatic rings. The average Bonchev–Trinajstić information content (AvgIpc) is 2.37. The van der Waals surface area contributed by atoms with Gasteiger partial charge in [-0.05, 0) is 56.7 Å². The van der Waals surface area contributed by atoms with Crippen LogP contribution in [0.4, 0.5) is 0 Å². The molecule has 0 aromatic carbocycles. The van der Waals surface area contributed by atoms with Crippen molar-refractivity contribution in [1.29, 1.82) is 0 Å². The summed E-state index contributed by atoms with van der Waals surface area (Å²) in [5.41, 5.74) is 0. The molecule has 0 amide bonds. The molecule has 0 fully saturated rings. The summed E-state index contributed by atoms with van der Waals surface area (Å²) in [5.74, 6) is 4.07. The van der Waals surface area contributed by atoms with E-state index < -0.39 is 6.89 Å². The van der Waals surface area contributed by atoms with Gasteiger partial charge in [-0.3, -0.25) is 0 Å². The molecule has 250 valence electrons. The zero-order valence-corrected chi connectivity index (χ0v) is 105. The van der Waals surface area contributed by atoms with Crippen LogP contribution >= 0.6 is 45.3 Å². The van der Waals surface area contributed by atoms with Gasteiger partial charge in [0.2, 0.25) is 0 Å². The van der Waals surface area contributed by atoms with Crippen LogP contribution in [0.1, 0.15) is 28.7 Å². The maximum absolute atomic E-state index is 4.29. The predicted molar refractivity (Wildman–Crippen MR) is 169 cm³/mol. The molecule has 50 heavy (non-hydrogen) atoms. The second-order valence-electron chi connectivity index (χ2n) is 6.68. The van der Waals surface area contributed by atoms with Crippen LogP contribution in [0.3, 0.4) is 0 Å². The summed E-state index contributed by atoms with van der Waals surface area (Å²) in [4.78, 5) is 0. The van der Waals surface area contributed by atoms with Crippen LogP contribution in [0.25, 0.3) is 0 Å². The van der Waals surface area contributed by atoms with Gasteiger partial charge < -0.3 is 7.43 Å². The Morgan fingerprint density at radius 1 is 0.480 bits per heavy atom. The van der Waals surface area contributed by atoms with Crippen molar-refractivity contribution in [3.63, 3.8) is 0 Å². The molecule has 30 heteroatoms. The Morgan fingerprint density at radius 2 is 0.640 bits per heavy atom. The van der Waals surface area contributed by atoms with Crippen molar-refractivity contribution in [3.05, 3.63) is 7.43 Å². The van der Waals surface area contributed by atoms with Crippen LogP contribution in [-0.4, -0.2) is 94.5 Å². The van der Waals surface area contributed by atoms with Crippen LogP contribution in [-0.2, 0) is 738 Å². The molecule has 0 heterocycles. The molecule has 4 atom stereocenters. The van der Waals surface area contributed by atoms with E-state index in [2.05, 4.69) is 71.6 Å². The molecule has 0 bridgehead atoms. The van der Waals surface area contributed by atoms with E-state index in [0.717, 1.165) is 0 Å². The molecule has 0 rings (SSSR count). The van der Waals surface area contributed by atoms with E-state index in [1.165, 1.54) is 38.2 Å². The maximum Gasteiger partial charge on any atom is 0 e. The Labute approximate surface area is 884 Å². The van der Waals surface area contributed by atoms with Gasteiger partial charge in [0.15, 0.2) is 0 Å². The Kier molecular flexibility index (Phi) is 663. The first-order valence-electron chi connectivity index (χ1n) is 8.09. The fourth-order valence-electron chi connectivity index (χ4n) is 1.69. The van der Waals surface area contributed by atoms with Gasteiger partial charge in [-0.15, -0.1) is 76.8 Å². The minimum Gasteiger partial charge on any atom is -0.358 e. The topological polar surface area (TPSA) is 0 Å². The van der Waals surface area contributed by atoms with E-state index in [-0.39, 0.29) is 791 Å². The summed E-state index contributed by atoms with van der Waals surface area (Å²) >= 11 is 0. The average molecular weight is 2990 g/mol. The fourth-order valence-corrected chi connectivity index (χ4v) is 16.2. The van der Waals surface area contributed by atoms with Crippen LogP contribution in [0, 0.1) is 7.43 Å². The standard InChI is InChI=1S/C9H23P3.C6H16P2.C2H5P.2CH4.CH3.4W.20Y/c1-7-10(2)8-11(3)9-12(4,5)6;1-5-8(4)6-7(2)3;1-3-2;;;;;;;;;;;;;;;;;;;;;;;;;;;/h10-11H,2-4,7-9H2,1,5-6H3;7-8H,2,4-6H2,1,3H3;1H2,2H3;2*1H4;1H3;;;;;;;;;;;;;;;;;;;;;;;;/q;;;;;-1;;;;;;;;;;;;;;;;;;;;;;;;. The molecule has 0 spiro atoms. The third-order valence-electron chi connectivity index (χ3n) is 2.70. The molecule has 0 N–H and O–H groups in total. The minimum absolute atomic E-state index is 0. The second kappa shape index (κ2) is 164. The van der Waals surface area contributed by atoms with Gasteiger partial charge in [-0.25, -0.2) is 0 Å². The summed E-state index contributed by atoms with van der Waals surface area (Å²) in [6.07, 6.45) is 26.9. The first kappa shape index (κ1) is 202. The van der Waals surface area contributed by atoms with Gasteiger partial charge in [-0.2, -0.15) is 0 Å². The van der Waals surface area contributed by atoms with Crippen LogP contribution in [0.15, 0.2) is 0 Å². The van der Waals surface area contributed by atoms with Gasteiger partial charge >= 0.3 is 0 Å². The van der Waals surface area contributed by atoms with Crippen molar-refractivity contribution in [1.82, 2.24) is 0 Å². The van der Waals surface area contributed by atoms with Gasteiger partial charge in [0.25, 0.3) is 0 Å². The number of hydrogen-bond donors (Lipinski definition) is 0. The Morgan fingerprint density at radius 3 is 0.740 bits per heavy atom. The van der Waals surface area contributed by atoms with Gasteiger partial charge in [0.05, 0.1) is 0 Å². The number of rotatable bonds is 8. The predicted octanol–water partition coefficient (Wildman–Crippen LogP) is 7.47. The Bertz CT molecular complexity index is 509. The normalized spacial score (nSPS) is 7.40. The first-order chi connectivity index (χ1) is 10.4. The van der Waals surface area contributed by atoms with Gasteiger partial charge in [-0.1, -0.05) is 35.0 Å². The van der Waals surface area contributed by atoms with Gasteiger partial charge in [0.1, 0.15) is 0 Å². The van der Waals surface area contributed by atoms with E-state index in [1.807, 2.05) is 6.66 Å². The van der Waals surface area contributed by atoms with E-state index in [0.29, 0.717) is 0 Å². The largest absolute Gasteiger partial charge is 0.358 e. The van der Waals surface area contributed by atoms with Crippen molar-refractivity contribution in [3.8, 4) is 0 Å². The summed E-state index contributed by atoms with van der Waals surface area (Å²) in [5, 5.41) is 0. The summed E-state index contributed by atoms with van der Waals surface area (Å²) < 4.78 is 0. The number of hydrogen-bond acceptors (Lipinski definition) is 0. The van der Waals surface area contributed by atoms with Crippen molar-refractivity contribution in [2.24, 2.45) is 0 Å². The smallest absolute Gasteiger partial charge is 0 e. The molecule has 4 unspecified atom stereocenters. The second-order valence-corrected chi connectivity index (χ2v) is 23.1. The van der Waals surface area contributed by atoms with Crippen LogP contribution in [0.5, 0.6) is 0 Å². The van der Waals surface area contributed by atoms with Crippen molar-refractivity contribution >= 4 is 83.1 Å². The summed E-state index contributed by atoms with van der Waals surface area (Å²) in [6.45, 7) is 12.5. The van der Waals surface area contributed by atoms with Crippen LogP contribution < -0.4 is 0 Å². The zero-order valence-electron chi connectivity index (χ0n) is 30.9. The Balaban J connectivity index is -0.00000000356. The summed E-state index contributed by atoms with van der Waals surface area (Å²) in [6, 6.07) is 0. The molecule has 0 aliphatic heterocycles. The van der Waals surface area contributed by atoms with E-state index in [4.69, 9.17) is 0 Å². The maximum atomic E-state index is 4.29. The minimum atomic E-state index is -0.817. The van der Waals surface area contributed by atoms with Crippen molar-refractivity contribution in [2.75, 3.05) is 56.7 Å². The van der Waals surface area contributed by atoms with E-state index in [1.54, 1.807) is 0 Å². The fraction of sp³-hybridized carbons (Fsp3) is 0.650. The molecular formula is C20H55P6W4Y20-. The molecule has 0 saturated heterocycles. The molecule has 0 aromatic heterocycles.